The number of sulfonamides is 1. The second kappa shape index (κ2) is 14.7. The molecule has 1 aliphatic heterocycles. The number of para-hydroxylation sites is 1. The average molecular weight is 704 g/mol. The first kappa shape index (κ1) is 36.4. The van der Waals surface area contributed by atoms with Crippen LogP contribution in [0.15, 0.2) is 72.8 Å². The number of fused-ring (bicyclic) bond motifs is 2. The minimum absolute atomic E-state index is 0.0321. The minimum Gasteiger partial charge on any atom is -0.496 e. The van der Waals surface area contributed by atoms with Gasteiger partial charge in [-0.15, -0.1) is 0 Å². The Bertz CT molecular complexity index is 1760. The van der Waals surface area contributed by atoms with Crippen molar-refractivity contribution in [2.75, 3.05) is 24.2 Å². The van der Waals surface area contributed by atoms with Gasteiger partial charge in [0.25, 0.3) is 0 Å². The van der Waals surface area contributed by atoms with Gasteiger partial charge in [-0.3, -0.25) is 14.4 Å². The summed E-state index contributed by atoms with van der Waals surface area (Å²) in [5, 5.41) is 15.5. The highest BCUT2D eigenvalue weighted by Crippen LogP contribution is 2.61. The van der Waals surface area contributed by atoms with Crippen molar-refractivity contribution < 1.29 is 27.9 Å². The molecule has 1 saturated heterocycles. The lowest BCUT2D eigenvalue weighted by Gasteiger charge is -2.62. The van der Waals surface area contributed by atoms with E-state index in [1.165, 1.54) is 6.42 Å². The number of hydrogen-bond donors (Lipinski definition) is 3. The van der Waals surface area contributed by atoms with Gasteiger partial charge in [0.15, 0.2) is 0 Å². The first-order valence-corrected chi connectivity index (χ1v) is 19.6. The third-order valence-electron chi connectivity index (χ3n) is 11.9. The Balaban J connectivity index is 1.22. The Hall–Kier alpha value is -3.44. The van der Waals surface area contributed by atoms with Gasteiger partial charge in [0.2, 0.25) is 15.9 Å². The Kier molecular flexibility index (Phi) is 10.7. The number of nitrogens with one attached hydrogen (secondary N) is 2. The van der Waals surface area contributed by atoms with Crippen LogP contribution in [-0.4, -0.2) is 62.2 Å². The van der Waals surface area contributed by atoms with Gasteiger partial charge in [-0.25, -0.2) is 8.42 Å². The second-order valence-corrected chi connectivity index (χ2v) is 17.3. The fourth-order valence-electron chi connectivity index (χ4n) is 8.93. The minimum atomic E-state index is -3.59. The molecule has 4 aliphatic rings. The van der Waals surface area contributed by atoms with Crippen molar-refractivity contribution in [2.45, 2.75) is 78.6 Å². The van der Waals surface area contributed by atoms with Crippen LogP contribution in [0.2, 0.25) is 0 Å². The average Bonchev–Trinajstić information content (AvgIpc) is 3.47. The molecule has 3 N–H and O–H groups in total. The summed E-state index contributed by atoms with van der Waals surface area (Å²) in [6.07, 6.45) is 2.12. The van der Waals surface area contributed by atoms with Crippen LogP contribution in [0.1, 0.15) is 58.6 Å². The molecule has 1 amide bonds. The number of aliphatic hydroxyl groups excluding tert-OH is 1. The van der Waals surface area contributed by atoms with Crippen LogP contribution in [0.3, 0.4) is 0 Å². The van der Waals surface area contributed by atoms with E-state index in [4.69, 9.17) is 9.57 Å². The SMILES string of the molecule is COc1c(CN2O[C@@H](CO)[C@H](C(C)C)[C@H]2C(=O)N[C@H]2C[C@H]3C[C@@H]([C@@H]2C)C3(C)C)cccc1-c1cccc(NS(=O)(=O)CCc2ccccc2)c1. The number of ether oxygens (including phenoxy) is 1. The zero-order valence-corrected chi connectivity index (χ0v) is 31.0. The predicted octanol–water partition coefficient (Wildman–Crippen LogP) is 6.28. The lowest BCUT2D eigenvalue weighted by Crippen LogP contribution is -2.62. The van der Waals surface area contributed by atoms with Crippen molar-refractivity contribution in [1.29, 1.82) is 0 Å². The summed E-state index contributed by atoms with van der Waals surface area (Å²) in [6, 6.07) is 22.2. The van der Waals surface area contributed by atoms with Crippen molar-refractivity contribution in [3.63, 3.8) is 0 Å². The topological polar surface area (TPSA) is 117 Å². The molecule has 0 radical (unpaired) electrons. The van der Waals surface area contributed by atoms with Crippen molar-refractivity contribution in [3.05, 3.63) is 83.9 Å². The Morgan fingerprint density at radius 1 is 1.06 bits per heavy atom. The molecule has 3 aromatic rings. The number of hydrogen-bond acceptors (Lipinski definition) is 7. The summed E-state index contributed by atoms with van der Waals surface area (Å²) in [5.41, 5.74) is 4.12. The predicted molar refractivity (Wildman–Crippen MR) is 197 cm³/mol. The van der Waals surface area contributed by atoms with E-state index in [-0.39, 0.29) is 42.7 Å². The molecule has 50 heavy (non-hydrogen) atoms. The number of methoxy groups -OCH3 is 1. The van der Waals surface area contributed by atoms with Gasteiger partial charge in [-0.2, -0.15) is 5.06 Å². The van der Waals surface area contributed by atoms with Crippen LogP contribution in [0.25, 0.3) is 11.1 Å². The summed E-state index contributed by atoms with van der Waals surface area (Å²) in [5.74, 6) is 2.02. The Morgan fingerprint density at radius 3 is 2.46 bits per heavy atom. The van der Waals surface area contributed by atoms with Crippen LogP contribution in [0.4, 0.5) is 5.69 Å². The first-order chi connectivity index (χ1) is 23.8. The lowest BCUT2D eigenvalue weighted by atomic mass is 9.45. The Morgan fingerprint density at radius 2 is 1.80 bits per heavy atom. The molecule has 4 fully saturated rings. The van der Waals surface area contributed by atoms with Gasteiger partial charge in [0.1, 0.15) is 17.9 Å². The number of aliphatic hydroxyl groups is 1. The van der Waals surface area contributed by atoms with E-state index >= 15 is 0 Å². The fourth-order valence-corrected chi connectivity index (χ4v) is 10.0. The first-order valence-electron chi connectivity index (χ1n) is 18.0. The van der Waals surface area contributed by atoms with E-state index in [9.17, 15) is 18.3 Å². The number of benzene rings is 3. The standard InChI is InChI=1S/C40H53N3O6S/c1-25(2)36-35(24-44)49-43(37(36)39(45)41-34-22-30-21-33(26(34)3)40(30,4)5)23-29-15-11-17-32(38(29)48-6)28-14-10-16-31(20-28)42-50(46,47)19-18-27-12-8-7-9-13-27/h7-17,20,25-26,30,33-37,42,44H,18-19,21-24H2,1-6H3,(H,41,45)/t26-,30+,33-,34-,35-,36-,37-/m0/s1. The number of anilines is 1. The number of carbonyl (C=O) groups excluding carboxylic acids is 1. The summed E-state index contributed by atoms with van der Waals surface area (Å²) in [4.78, 5) is 20.6. The van der Waals surface area contributed by atoms with Crippen LogP contribution in [0, 0.1) is 35.0 Å². The molecule has 0 aromatic heterocycles. The van der Waals surface area contributed by atoms with Gasteiger partial charge >= 0.3 is 0 Å². The van der Waals surface area contributed by atoms with Crippen LogP contribution >= 0.6 is 0 Å². The highest BCUT2D eigenvalue weighted by Gasteiger charge is 2.57. The highest BCUT2D eigenvalue weighted by atomic mass is 32.2. The number of nitrogens with zero attached hydrogens (tertiary/aromatic N) is 1. The second-order valence-electron chi connectivity index (χ2n) is 15.5. The monoisotopic (exact) mass is 703 g/mol. The normalized spacial score (nSPS) is 27.5. The summed E-state index contributed by atoms with van der Waals surface area (Å²) in [6.45, 7) is 11.2. The van der Waals surface area contributed by atoms with Crippen molar-refractivity contribution in [3.8, 4) is 16.9 Å². The van der Waals surface area contributed by atoms with E-state index in [2.05, 4.69) is 44.7 Å². The zero-order chi connectivity index (χ0) is 35.8. The molecule has 7 rings (SSSR count). The van der Waals surface area contributed by atoms with E-state index in [1.54, 1.807) is 24.3 Å². The number of hydroxylamine groups is 2. The number of amides is 1. The van der Waals surface area contributed by atoms with E-state index in [0.29, 0.717) is 41.0 Å². The largest absolute Gasteiger partial charge is 0.496 e. The molecular formula is C40H53N3O6S. The van der Waals surface area contributed by atoms with Gasteiger partial charge in [-0.05, 0) is 71.6 Å². The number of rotatable bonds is 13. The molecular weight excluding hydrogens is 651 g/mol. The molecule has 3 aliphatic carbocycles. The molecule has 0 unspecified atom stereocenters. The lowest BCUT2D eigenvalue weighted by molar-refractivity contribution is -0.183. The third kappa shape index (κ3) is 7.31. The molecule has 270 valence electrons. The molecule has 1 heterocycles. The highest BCUT2D eigenvalue weighted by molar-refractivity contribution is 7.92. The maximum atomic E-state index is 14.2. The zero-order valence-electron chi connectivity index (χ0n) is 30.1. The van der Waals surface area contributed by atoms with Crippen molar-refractivity contribution in [2.24, 2.45) is 35.0 Å². The molecule has 9 nitrogen and oxygen atoms in total. The van der Waals surface area contributed by atoms with Gasteiger partial charge in [0, 0.05) is 28.8 Å². The van der Waals surface area contributed by atoms with Gasteiger partial charge < -0.3 is 15.2 Å². The summed E-state index contributed by atoms with van der Waals surface area (Å²) >= 11 is 0. The van der Waals surface area contributed by atoms with E-state index in [1.807, 2.05) is 60.7 Å². The van der Waals surface area contributed by atoms with Crippen molar-refractivity contribution in [1.82, 2.24) is 10.4 Å². The summed E-state index contributed by atoms with van der Waals surface area (Å²) < 4.78 is 34.7. The van der Waals surface area contributed by atoms with E-state index < -0.39 is 22.2 Å². The molecule has 7 atom stereocenters. The van der Waals surface area contributed by atoms with Crippen LogP contribution in [0.5, 0.6) is 5.75 Å². The number of aryl methyl sites for hydroxylation is 1. The smallest absolute Gasteiger partial charge is 0.240 e. The summed E-state index contributed by atoms with van der Waals surface area (Å²) in [7, 11) is -1.98. The molecule has 3 saturated carbocycles. The molecule has 0 spiro atoms. The molecule has 2 bridgehead atoms. The molecule has 3 aromatic carbocycles. The molecule has 10 heteroatoms. The van der Waals surface area contributed by atoms with Gasteiger partial charge in [0.05, 0.1) is 26.0 Å². The Labute approximate surface area is 297 Å². The maximum absolute atomic E-state index is 14.2. The quantitative estimate of drug-likeness (QED) is 0.192. The third-order valence-corrected chi connectivity index (χ3v) is 13.1. The van der Waals surface area contributed by atoms with Crippen LogP contribution < -0.4 is 14.8 Å². The maximum Gasteiger partial charge on any atom is 0.240 e. The fraction of sp³-hybridized carbons (Fsp3) is 0.525. The van der Waals surface area contributed by atoms with Crippen LogP contribution in [-0.2, 0) is 32.6 Å². The van der Waals surface area contributed by atoms with Gasteiger partial charge in [-0.1, -0.05) is 95.3 Å². The number of carbonyl (C=O) groups is 1. The van der Waals surface area contributed by atoms with E-state index in [0.717, 1.165) is 28.7 Å². The van der Waals surface area contributed by atoms with Crippen molar-refractivity contribution >= 4 is 21.6 Å².